The van der Waals surface area contributed by atoms with Crippen molar-refractivity contribution in [3.05, 3.63) is 101 Å². The predicted molar refractivity (Wildman–Crippen MR) is 102 cm³/mol. The molecule has 0 saturated carbocycles. The molecule has 0 fully saturated rings. The highest BCUT2D eigenvalue weighted by molar-refractivity contribution is 5.84. The summed E-state index contributed by atoms with van der Waals surface area (Å²) in [5.41, 5.74) is 11.4. The van der Waals surface area contributed by atoms with E-state index in [0.29, 0.717) is 0 Å². The van der Waals surface area contributed by atoms with E-state index in [1.807, 2.05) is 48.5 Å². The first-order valence-corrected chi connectivity index (χ1v) is 7.68. The van der Waals surface area contributed by atoms with Crippen molar-refractivity contribution in [3.8, 4) is 0 Å². The standard InChI is InChI=1S/C22H19N/c23-22-13-7-12-20(16-14-18-8-3-1-4-9-18)21(22)17-15-19-10-5-2-6-11-19/h1-17H,23H2. The maximum atomic E-state index is 6.17. The quantitative estimate of drug-likeness (QED) is 0.491. The smallest absolute Gasteiger partial charge is 0.0393 e. The van der Waals surface area contributed by atoms with Crippen LogP contribution in [-0.4, -0.2) is 0 Å². The summed E-state index contributed by atoms with van der Waals surface area (Å²) in [4.78, 5) is 0. The Bertz CT molecular complexity index is 815. The zero-order chi connectivity index (χ0) is 15.9. The molecule has 3 rings (SSSR count). The minimum atomic E-state index is 0.785. The average molecular weight is 297 g/mol. The second-order valence-corrected chi connectivity index (χ2v) is 5.34. The molecule has 0 aromatic heterocycles. The van der Waals surface area contributed by atoms with Crippen LogP contribution < -0.4 is 5.73 Å². The van der Waals surface area contributed by atoms with E-state index in [4.69, 9.17) is 5.73 Å². The minimum Gasteiger partial charge on any atom is -0.398 e. The van der Waals surface area contributed by atoms with Crippen molar-refractivity contribution in [1.82, 2.24) is 0 Å². The monoisotopic (exact) mass is 297 g/mol. The van der Waals surface area contributed by atoms with E-state index in [2.05, 4.69) is 54.6 Å². The Labute approximate surface area is 137 Å². The van der Waals surface area contributed by atoms with Gasteiger partial charge in [0.1, 0.15) is 0 Å². The lowest BCUT2D eigenvalue weighted by molar-refractivity contribution is 1.59. The van der Waals surface area contributed by atoms with Crippen molar-refractivity contribution < 1.29 is 0 Å². The largest absolute Gasteiger partial charge is 0.398 e. The topological polar surface area (TPSA) is 26.0 Å². The summed E-state index contributed by atoms with van der Waals surface area (Å²) >= 11 is 0. The average Bonchev–Trinajstić information content (AvgIpc) is 2.61. The van der Waals surface area contributed by atoms with Gasteiger partial charge in [0.15, 0.2) is 0 Å². The van der Waals surface area contributed by atoms with Gasteiger partial charge in [-0.3, -0.25) is 0 Å². The Balaban J connectivity index is 1.91. The molecular formula is C22H19N. The molecule has 112 valence electrons. The van der Waals surface area contributed by atoms with Crippen LogP contribution in [-0.2, 0) is 0 Å². The van der Waals surface area contributed by atoms with E-state index in [9.17, 15) is 0 Å². The molecule has 0 bridgehead atoms. The van der Waals surface area contributed by atoms with Gasteiger partial charge in [0, 0.05) is 11.3 Å². The Morgan fingerprint density at radius 2 is 1.09 bits per heavy atom. The van der Waals surface area contributed by atoms with Gasteiger partial charge < -0.3 is 5.73 Å². The minimum absolute atomic E-state index is 0.785. The zero-order valence-corrected chi connectivity index (χ0v) is 12.9. The van der Waals surface area contributed by atoms with Gasteiger partial charge in [0.2, 0.25) is 0 Å². The van der Waals surface area contributed by atoms with Crippen LogP contribution in [0.4, 0.5) is 5.69 Å². The molecule has 0 heterocycles. The van der Waals surface area contributed by atoms with Gasteiger partial charge in [-0.1, -0.05) is 97.1 Å². The van der Waals surface area contributed by atoms with Gasteiger partial charge in [-0.25, -0.2) is 0 Å². The Hall–Kier alpha value is -3.06. The van der Waals surface area contributed by atoms with Crippen LogP contribution in [0.5, 0.6) is 0 Å². The maximum absolute atomic E-state index is 6.17. The van der Waals surface area contributed by atoms with Crippen molar-refractivity contribution in [2.24, 2.45) is 0 Å². The van der Waals surface area contributed by atoms with Gasteiger partial charge in [-0.15, -0.1) is 0 Å². The number of hydrogen-bond donors (Lipinski definition) is 1. The molecule has 0 radical (unpaired) electrons. The third-order valence-electron chi connectivity index (χ3n) is 3.67. The second kappa shape index (κ2) is 7.28. The summed E-state index contributed by atoms with van der Waals surface area (Å²) in [7, 11) is 0. The van der Waals surface area contributed by atoms with Crippen molar-refractivity contribution in [3.63, 3.8) is 0 Å². The lowest BCUT2D eigenvalue weighted by Gasteiger charge is -2.05. The van der Waals surface area contributed by atoms with Crippen molar-refractivity contribution in [2.75, 3.05) is 5.73 Å². The first kappa shape index (κ1) is 14.9. The number of nitrogen functional groups attached to an aromatic ring is 1. The first-order chi connectivity index (χ1) is 11.3. The normalized spacial score (nSPS) is 11.3. The van der Waals surface area contributed by atoms with Crippen molar-refractivity contribution in [1.29, 1.82) is 0 Å². The van der Waals surface area contributed by atoms with Crippen molar-refractivity contribution >= 4 is 30.0 Å². The third kappa shape index (κ3) is 3.98. The molecule has 0 spiro atoms. The fourth-order valence-electron chi connectivity index (χ4n) is 2.43. The fourth-order valence-corrected chi connectivity index (χ4v) is 2.43. The van der Waals surface area contributed by atoms with Gasteiger partial charge in [0.25, 0.3) is 0 Å². The molecule has 23 heavy (non-hydrogen) atoms. The molecule has 3 aromatic carbocycles. The predicted octanol–water partition coefficient (Wildman–Crippen LogP) is 5.61. The lowest BCUT2D eigenvalue weighted by Crippen LogP contribution is -1.91. The van der Waals surface area contributed by atoms with Gasteiger partial charge in [0.05, 0.1) is 0 Å². The van der Waals surface area contributed by atoms with E-state index in [1.54, 1.807) is 0 Å². The highest BCUT2D eigenvalue weighted by atomic mass is 14.6. The van der Waals surface area contributed by atoms with E-state index in [0.717, 1.165) is 22.4 Å². The summed E-state index contributed by atoms with van der Waals surface area (Å²) < 4.78 is 0. The van der Waals surface area contributed by atoms with Crippen LogP contribution >= 0.6 is 0 Å². The van der Waals surface area contributed by atoms with E-state index < -0.39 is 0 Å². The Morgan fingerprint density at radius 3 is 1.70 bits per heavy atom. The summed E-state index contributed by atoms with van der Waals surface area (Å²) in [6.07, 6.45) is 8.38. The van der Waals surface area contributed by atoms with Gasteiger partial charge in [-0.2, -0.15) is 0 Å². The molecule has 0 saturated heterocycles. The molecule has 1 heteroatoms. The number of anilines is 1. The molecule has 0 atom stereocenters. The van der Waals surface area contributed by atoms with E-state index in [-0.39, 0.29) is 0 Å². The molecule has 2 N–H and O–H groups in total. The van der Waals surface area contributed by atoms with Gasteiger partial charge in [-0.05, 0) is 22.8 Å². The Morgan fingerprint density at radius 1 is 0.522 bits per heavy atom. The van der Waals surface area contributed by atoms with E-state index in [1.165, 1.54) is 5.56 Å². The van der Waals surface area contributed by atoms with Crippen LogP contribution in [0.25, 0.3) is 24.3 Å². The second-order valence-electron chi connectivity index (χ2n) is 5.34. The number of nitrogens with two attached hydrogens (primary N) is 1. The van der Waals surface area contributed by atoms with Crippen LogP contribution in [0, 0.1) is 0 Å². The fraction of sp³-hybridized carbons (Fsp3) is 0. The summed E-state index contributed by atoms with van der Waals surface area (Å²) in [6, 6.07) is 26.5. The molecular weight excluding hydrogens is 278 g/mol. The number of hydrogen-bond acceptors (Lipinski definition) is 1. The SMILES string of the molecule is Nc1cccc(C=Cc2ccccc2)c1C=Cc1ccccc1. The summed E-state index contributed by atoms with van der Waals surface area (Å²) in [5, 5.41) is 0. The molecule has 0 aliphatic carbocycles. The molecule has 0 aliphatic rings. The van der Waals surface area contributed by atoms with Gasteiger partial charge >= 0.3 is 0 Å². The summed E-state index contributed by atoms with van der Waals surface area (Å²) in [5.74, 6) is 0. The number of rotatable bonds is 4. The van der Waals surface area contributed by atoms with Crippen LogP contribution in [0.1, 0.15) is 22.3 Å². The van der Waals surface area contributed by atoms with Crippen molar-refractivity contribution in [2.45, 2.75) is 0 Å². The van der Waals surface area contributed by atoms with Crippen LogP contribution in [0.2, 0.25) is 0 Å². The highest BCUT2D eigenvalue weighted by Crippen LogP contribution is 2.22. The molecule has 0 aliphatic heterocycles. The van der Waals surface area contributed by atoms with Crippen LogP contribution in [0.15, 0.2) is 78.9 Å². The zero-order valence-electron chi connectivity index (χ0n) is 12.9. The van der Waals surface area contributed by atoms with Crippen LogP contribution in [0.3, 0.4) is 0 Å². The molecule has 1 nitrogen and oxygen atoms in total. The maximum Gasteiger partial charge on any atom is 0.0393 e. The third-order valence-corrected chi connectivity index (χ3v) is 3.67. The number of benzene rings is 3. The first-order valence-electron chi connectivity index (χ1n) is 7.68. The Kier molecular flexibility index (Phi) is 4.70. The summed E-state index contributed by atoms with van der Waals surface area (Å²) in [6.45, 7) is 0. The highest BCUT2D eigenvalue weighted by Gasteiger charge is 2.00. The molecule has 0 unspecified atom stereocenters. The molecule has 0 amide bonds. The molecule has 3 aromatic rings. The van der Waals surface area contributed by atoms with E-state index >= 15 is 0 Å². The lowest BCUT2D eigenvalue weighted by atomic mass is 10.0.